The molecule has 1 aromatic rings. The molecule has 1 unspecified atom stereocenters. The van der Waals surface area contributed by atoms with Crippen LogP contribution in [0.4, 0.5) is 0 Å². The van der Waals surface area contributed by atoms with Crippen molar-refractivity contribution in [1.82, 2.24) is 0 Å². The van der Waals surface area contributed by atoms with Gasteiger partial charge in [-0.25, -0.2) is 0 Å². The Morgan fingerprint density at radius 1 is 1.20 bits per heavy atom. The SMILES string of the molecule is CCCC(CCC)C(Cl)c1ccc(Cl)s1. The van der Waals surface area contributed by atoms with Gasteiger partial charge in [0.1, 0.15) is 0 Å². The highest BCUT2D eigenvalue weighted by atomic mass is 35.5. The third-order valence-electron chi connectivity index (χ3n) is 2.60. The Morgan fingerprint density at radius 3 is 2.20 bits per heavy atom. The molecule has 0 bridgehead atoms. The quantitative estimate of drug-likeness (QED) is 0.562. The Balaban J connectivity index is 2.66. The highest BCUT2D eigenvalue weighted by Crippen LogP contribution is 2.39. The van der Waals surface area contributed by atoms with E-state index in [2.05, 4.69) is 19.9 Å². The molecular weight excluding hydrogens is 247 g/mol. The molecule has 3 heteroatoms. The zero-order chi connectivity index (χ0) is 11.3. The number of alkyl halides is 1. The van der Waals surface area contributed by atoms with Crippen molar-refractivity contribution in [3.63, 3.8) is 0 Å². The third kappa shape index (κ3) is 3.97. The van der Waals surface area contributed by atoms with Crippen molar-refractivity contribution < 1.29 is 0 Å². The van der Waals surface area contributed by atoms with Crippen molar-refractivity contribution in [1.29, 1.82) is 0 Å². The average molecular weight is 265 g/mol. The molecule has 0 amide bonds. The van der Waals surface area contributed by atoms with Gasteiger partial charge >= 0.3 is 0 Å². The zero-order valence-electron chi connectivity index (χ0n) is 9.30. The van der Waals surface area contributed by atoms with Crippen molar-refractivity contribution >= 4 is 34.5 Å². The van der Waals surface area contributed by atoms with Crippen molar-refractivity contribution in [2.24, 2.45) is 5.92 Å². The third-order valence-corrected chi connectivity index (χ3v) is 4.63. The van der Waals surface area contributed by atoms with Crippen LogP contribution in [0.2, 0.25) is 4.34 Å². The molecule has 1 aromatic heterocycles. The van der Waals surface area contributed by atoms with Crippen LogP contribution < -0.4 is 0 Å². The van der Waals surface area contributed by atoms with E-state index in [1.807, 2.05) is 6.07 Å². The van der Waals surface area contributed by atoms with E-state index < -0.39 is 0 Å². The first-order valence-corrected chi connectivity index (χ1v) is 7.21. The molecule has 0 aliphatic carbocycles. The topological polar surface area (TPSA) is 0 Å². The molecular formula is C12H18Cl2S. The second kappa shape index (κ2) is 6.78. The van der Waals surface area contributed by atoms with Crippen molar-refractivity contribution in [3.05, 3.63) is 21.3 Å². The lowest BCUT2D eigenvalue weighted by atomic mass is 9.94. The summed E-state index contributed by atoms with van der Waals surface area (Å²) in [7, 11) is 0. The second-order valence-corrected chi connectivity index (χ2v) is 6.10. The van der Waals surface area contributed by atoms with Gasteiger partial charge in [0.2, 0.25) is 0 Å². The molecule has 0 fully saturated rings. The molecule has 0 saturated heterocycles. The summed E-state index contributed by atoms with van der Waals surface area (Å²) in [5.41, 5.74) is 0. The van der Waals surface area contributed by atoms with Gasteiger partial charge in [-0.15, -0.1) is 22.9 Å². The van der Waals surface area contributed by atoms with Gasteiger partial charge in [0.25, 0.3) is 0 Å². The molecule has 0 nitrogen and oxygen atoms in total. The number of thiophene rings is 1. The van der Waals surface area contributed by atoms with Gasteiger partial charge in [-0.3, -0.25) is 0 Å². The minimum Gasteiger partial charge on any atom is -0.127 e. The van der Waals surface area contributed by atoms with Crippen LogP contribution in [0.25, 0.3) is 0 Å². The van der Waals surface area contributed by atoms with Gasteiger partial charge in [0.05, 0.1) is 9.71 Å². The highest BCUT2D eigenvalue weighted by molar-refractivity contribution is 7.16. The first-order valence-electron chi connectivity index (χ1n) is 5.58. The molecule has 15 heavy (non-hydrogen) atoms. The fraction of sp³-hybridized carbons (Fsp3) is 0.667. The molecule has 1 rings (SSSR count). The van der Waals surface area contributed by atoms with Crippen molar-refractivity contribution in [2.75, 3.05) is 0 Å². The lowest BCUT2D eigenvalue weighted by Gasteiger charge is -2.20. The van der Waals surface area contributed by atoms with E-state index in [0.29, 0.717) is 5.92 Å². The van der Waals surface area contributed by atoms with Crippen LogP contribution in [0.1, 0.15) is 49.8 Å². The number of halogens is 2. The van der Waals surface area contributed by atoms with E-state index in [4.69, 9.17) is 23.2 Å². The highest BCUT2D eigenvalue weighted by Gasteiger charge is 2.20. The molecule has 0 radical (unpaired) electrons. The predicted molar refractivity (Wildman–Crippen MR) is 71.2 cm³/mol. The van der Waals surface area contributed by atoms with Gasteiger partial charge in [-0.05, 0) is 30.9 Å². The van der Waals surface area contributed by atoms with E-state index in [1.165, 1.54) is 30.6 Å². The van der Waals surface area contributed by atoms with Gasteiger partial charge in [0.15, 0.2) is 0 Å². The molecule has 0 aliphatic heterocycles. The number of rotatable bonds is 6. The first kappa shape index (κ1) is 13.3. The van der Waals surface area contributed by atoms with Crippen LogP contribution in [-0.2, 0) is 0 Å². The van der Waals surface area contributed by atoms with Crippen LogP contribution in [0.3, 0.4) is 0 Å². The molecule has 86 valence electrons. The minimum absolute atomic E-state index is 0.141. The van der Waals surface area contributed by atoms with Gasteiger partial charge in [-0.1, -0.05) is 38.3 Å². The molecule has 0 saturated carbocycles. The predicted octanol–water partition coefficient (Wildman–Crippen LogP) is 5.90. The van der Waals surface area contributed by atoms with E-state index in [-0.39, 0.29) is 5.38 Å². The average Bonchev–Trinajstić information content (AvgIpc) is 2.63. The Labute approximate surface area is 107 Å². The molecule has 0 spiro atoms. The maximum Gasteiger partial charge on any atom is 0.0931 e. The largest absolute Gasteiger partial charge is 0.127 e. The van der Waals surface area contributed by atoms with Gasteiger partial charge in [-0.2, -0.15) is 0 Å². The van der Waals surface area contributed by atoms with Crippen molar-refractivity contribution in [2.45, 2.75) is 44.9 Å². The van der Waals surface area contributed by atoms with E-state index in [9.17, 15) is 0 Å². The summed E-state index contributed by atoms with van der Waals surface area (Å²) in [5, 5.41) is 0.141. The smallest absolute Gasteiger partial charge is 0.0931 e. The van der Waals surface area contributed by atoms with E-state index in [1.54, 1.807) is 11.3 Å². The lowest BCUT2D eigenvalue weighted by Crippen LogP contribution is -2.06. The van der Waals surface area contributed by atoms with Crippen LogP contribution in [-0.4, -0.2) is 0 Å². The molecule has 0 aliphatic rings. The fourth-order valence-corrected chi connectivity index (χ4v) is 3.48. The summed E-state index contributed by atoms with van der Waals surface area (Å²) in [6.07, 6.45) is 4.81. The Hall–Kier alpha value is 0.280. The zero-order valence-corrected chi connectivity index (χ0v) is 11.6. The lowest BCUT2D eigenvalue weighted by molar-refractivity contribution is 0.429. The summed E-state index contributed by atoms with van der Waals surface area (Å²) in [5.74, 6) is 0.594. The standard InChI is InChI=1S/C12H18Cl2S/c1-3-5-9(6-4-2)12(14)10-7-8-11(13)15-10/h7-9,12H,3-6H2,1-2H3. The maximum absolute atomic E-state index is 6.49. The summed E-state index contributed by atoms with van der Waals surface area (Å²) >= 11 is 14.0. The maximum atomic E-state index is 6.49. The Kier molecular flexibility index (Phi) is 6.03. The fourth-order valence-electron chi connectivity index (χ4n) is 1.89. The minimum atomic E-state index is 0.141. The second-order valence-electron chi connectivity index (χ2n) is 3.88. The van der Waals surface area contributed by atoms with Gasteiger partial charge < -0.3 is 0 Å². The summed E-state index contributed by atoms with van der Waals surface area (Å²) in [4.78, 5) is 1.22. The summed E-state index contributed by atoms with van der Waals surface area (Å²) < 4.78 is 0.836. The van der Waals surface area contributed by atoms with Crippen LogP contribution in [0.15, 0.2) is 12.1 Å². The number of hydrogen-bond acceptors (Lipinski definition) is 1. The van der Waals surface area contributed by atoms with Crippen LogP contribution >= 0.6 is 34.5 Å². The van der Waals surface area contributed by atoms with E-state index >= 15 is 0 Å². The van der Waals surface area contributed by atoms with E-state index in [0.717, 1.165) is 4.34 Å². The van der Waals surface area contributed by atoms with Crippen LogP contribution in [0, 0.1) is 5.92 Å². The van der Waals surface area contributed by atoms with Gasteiger partial charge in [0, 0.05) is 4.88 Å². The molecule has 1 heterocycles. The summed E-state index contributed by atoms with van der Waals surface area (Å²) in [6, 6.07) is 3.99. The first-order chi connectivity index (χ1) is 7.19. The Bertz CT molecular complexity index is 277. The summed E-state index contributed by atoms with van der Waals surface area (Å²) in [6.45, 7) is 4.43. The monoisotopic (exact) mass is 264 g/mol. The number of hydrogen-bond donors (Lipinski definition) is 0. The molecule has 0 N–H and O–H groups in total. The van der Waals surface area contributed by atoms with Crippen molar-refractivity contribution in [3.8, 4) is 0 Å². The molecule has 1 atom stereocenters. The molecule has 0 aromatic carbocycles. The van der Waals surface area contributed by atoms with Crippen LogP contribution in [0.5, 0.6) is 0 Å². The normalized spacial score (nSPS) is 13.4. The Morgan fingerprint density at radius 2 is 1.80 bits per heavy atom.